The highest BCUT2D eigenvalue weighted by Gasteiger charge is 2.39. The van der Waals surface area contributed by atoms with E-state index in [0.29, 0.717) is 0 Å². The normalized spacial score (nSPS) is 24.4. The van der Waals surface area contributed by atoms with Gasteiger partial charge in [-0.3, -0.25) is 4.79 Å². The van der Waals surface area contributed by atoms with E-state index in [-0.39, 0.29) is 17.4 Å². The van der Waals surface area contributed by atoms with Gasteiger partial charge >= 0.3 is 0 Å². The van der Waals surface area contributed by atoms with Crippen molar-refractivity contribution in [3.05, 3.63) is 16.1 Å². The largest absolute Gasteiger partial charge is 0.347 e. The van der Waals surface area contributed by atoms with E-state index in [0.717, 1.165) is 43.8 Å². The quantitative estimate of drug-likeness (QED) is 0.878. The number of carbonyl (C=O) groups excluding carboxylic acids is 1. The average molecular weight is 295 g/mol. The highest BCUT2D eigenvalue weighted by Crippen LogP contribution is 2.33. The van der Waals surface area contributed by atoms with Crippen molar-refractivity contribution in [1.82, 2.24) is 15.6 Å². The molecule has 0 spiro atoms. The second-order valence-electron chi connectivity index (χ2n) is 5.81. The molecule has 4 nitrogen and oxygen atoms in total. The van der Waals surface area contributed by atoms with Crippen molar-refractivity contribution in [3.8, 4) is 0 Å². The first-order valence-electron chi connectivity index (χ1n) is 7.51. The lowest BCUT2D eigenvalue weighted by molar-refractivity contribution is -0.133. The molecule has 1 amide bonds. The maximum absolute atomic E-state index is 12.7. The van der Waals surface area contributed by atoms with Gasteiger partial charge in [0.2, 0.25) is 5.91 Å². The summed E-state index contributed by atoms with van der Waals surface area (Å²) in [6.07, 6.45) is 5.93. The predicted molar refractivity (Wildman–Crippen MR) is 82.9 cm³/mol. The van der Waals surface area contributed by atoms with Gasteiger partial charge in [-0.05, 0) is 39.7 Å². The highest BCUT2D eigenvalue weighted by molar-refractivity contribution is 7.11. The third kappa shape index (κ3) is 3.38. The van der Waals surface area contributed by atoms with E-state index in [1.165, 1.54) is 4.88 Å². The Labute approximate surface area is 125 Å². The maximum atomic E-state index is 12.7. The SMILES string of the molecule is CCCC1(C(=O)NC(C)c2ncc(C)s2)CCCNC1. The summed E-state index contributed by atoms with van der Waals surface area (Å²) < 4.78 is 0. The minimum absolute atomic E-state index is 0.00291. The van der Waals surface area contributed by atoms with Crippen molar-refractivity contribution >= 4 is 17.2 Å². The number of hydrogen-bond acceptors (Lipinski definition) is 4. The summed E-state index contributed by atoms with van der Waals surface area (Å²) in [4.78, 5) is 18.3. The molecular weight excluding hydrogens is 270 g/mol. The van der Waals surface area contributed by atoms with Gasteiger partial charge in [0.1, 0.15) is 5.01 Å². The molecule has 2 N–H and O–H groups in total. The topological polar surface area (TPSA) is 54.0 Å². The molecule has 1 fully saturated rings. The van der Waals surface area contributed by atoms with Crippen molar-refractivity contribution in [3.63, 3.8) is 0 Å². The first-order chi connectivity index (χ1) is 9.57. The Balaban J connectivity index is 2.04. The Morgan fingerprint density at radius 2 is 2.45 bits per heavy atom. The molecule has 20 heavy (non-hydrogen) atoms. The number of hydrogen-bond donors (Lipinski definition) is 2. The minimum atomic E-state index is -0.229. The Kier molecular flexibility index (Phi) is 5.16. The summed E-state index contributed by atoms with van der Waals surface area (Å²) in [5.74, 6) is 0.187. The average Bonchev–Trinajstić information content (AvgIpc) is 2.87. The second-order valence-corrected chi connectivity index (χ2v) is 7.08. The number of rotatable bonds is 5. The number of nitrogens with zero attached hydrogens (tertiary/aromatic N) is 1. The van der Waals surface area contributed by atoms with Gasteiger partial charge in [-0.15, -0.1) is 11.3 Å². The number of thiazole rings is 1. The Morgan fingerprint density at radius 3 is 3.00 bits per heavy atom. The summed E-state index contributed by atoms with van der Waals surface area (Å²) in [5.41, 5.74) is -0.229. The highest BCUT2D eigenvalue weighted by atomic mass is 32.1. The molecule has 0 bridgehead atoms. The lowest BCUT2D eigenvalue weighted by Crippen LogP contribution is -2.50. The van der Waals surface area contributed by atoms with Crippen LogP contribution < -0.4 is 10.6 Å². The van der Waals surface area contributed by atoms with Crippen LogP contribution in [0.4, 0.5) is 0 Å². The van der Waals surface area contributed by atoms with Gasteiger partial charge in [0, 0.05) is 17.6 Å². The third-order valence-corrected chi connectivity index (χ3v) is 5.14. The number of nitrogens with one attached hydrogen (secondary N) is 2. The van der Waals surface area contributed by atoms with E-state index in [4.69, 9.17) is 0 Å². The number of carbonyl (C=O) groups is 1. The minimum Gasteiger partial charge on any atom is -0.347 e. The molecule has 1 aromatic rings. The summed E-state index contributed by atoms with van der Waals surface area (Å²) in [6.45, 7) is 8.04. The molecule has 5 heteroatoms. The van der Waals surface area contributed by atoms with E-state index < -0.39 is 0 Å². The van der Waals surface area contributed by atoms with Crippen molar-refractivity contribution in [2.24, 2.45) is 5.41 Å². The van der Waals surface area contributed by atoms with Crippen LogP contribution in [0.1, 0.15) is 55.5 Å². The van der Waals surface area contributed by atoms with Crippen LogP contribution in [0.15, 0.2) is 6.20 Å². The summed E-state index contributed by atoms with van der Waals surface area (Å²) in [6, 6.07) is -0.00291. The third-order valence-electron chi connectivity index (χ3n) is 4.04. The molecule has 0 aliphatic carbocycles. The number of aryl methyl sites for hydroxylation is 1. The second kappa shape index (κ2) is 6.68. The van der Waals surface area contributed by atoms with E-state index in [1.807, 2.05) is 20.0 Å². The molecule has 0 aromatic carbocycles. The molecule has 2 unspecified atom stereocenters. The van der Waals surface area contributed by atoms with Crippen molar-refractivity contribution in [2.45, 2.75) is 52.5 Å². The lowest BCUT2D eigenvalue weighted by atomic mass is 9.76. The van der Waals surface area contributed by atoms with Gasteiger partial charge in [-0.2, -0.15) is 0 Å². The van der Waals surface area contributed by atoms with Crippen molar-refractivity contribution in [2.75, 3.05) is 13.1 Å². The van der Waals surface area contributed by atoms with E-state index in [2.05, 4.69) is 22.5 Å². The number of amides is 1. The zero-order valence-corrected chi connectivity index (χ0v) is 13.5. The lowest BCUT2D eigenvalue weighted by Gasteiger charge is -2.36. The summed E-state index contributed by atoms with van der Waals surface area (Å²) in [7, 11) is 0. The fourth-order valence-corrected chi connectivity index (χ4v) is 3.73. The zero-order valence-electron chi connectivity index (χ0n) is 12.7. The first kappa shape index (κ1) is 15.4. The van der Waals surface area contributed by atoms with Crippen molar-refractivity contribution < 1.29 is 4.79 Å². The number of aromatic nitrogens is 1. The van der Waals surface area contributed by atoms with Crippen molar-refractivity contribution in [1.29, 1.82) is 0 Å². The molecule has 1 saturated heterocycles. The van der Waals surface area contributed by atoms with Crippen LogP contribution in [-0.2, 0) is 4.79 Å². The standard InChI is InChI=1S/C15H25N3OS/c1-4-6-15(7-5-8-16-10-15)14(19)18-12(3)13-17-9-11(2)20-13/h9,12,16H,4-8,10H2,1-3H3,(H,18,19). The molecule has 2 atom stereocenters. The van der Waals surface area contributed by atoms with E-state index in [1.54, 1.807) is 11.3 Å². The number of piperidine rings is 1. The van der Waals surface area contributed by atoms with E-state index in [9.17, 15) is 4.79 Å². The molecule has 0 saturated carbocycles. The smallest absolute Gasteiger partial charge is 0.228 e. The Hall–Kier alpha value is -0.940. The van der Waals surface area contributed by atoms with Gasteiger partial charge in [-0.25, -0.2) is 4.98 Å². The van der Waals surface area contributed by atoms with Gasteiger partial charge in [0.15, 0.2) is 0 Å². The first-order valence-corrected chi connectivity index (χ1v) is 8.33. The van der Waals surface area contributed by atoms with E-state index >= 15 is 0 Å². The van der Waals surface area contributed by atoms with Crippen LogP contribution in [0.2, 0.25) is 0 Å². The molecule has 1 aliphatic rings. The molecule has 1 aromatic heterocycles. The van der Waals surface area contributed by atoms with Gasteiger partial charge in [0.05, 0.1) is 11.5 Å². The van der Waals surface area contributed by atoms with Crippen LogP contribution in [0.25, 0.3) is 0 Å². The Morgan fingerprint density at radius 1 is 1.65 bits per heavy atom. The van der Waals surface area contributed by atoms with Crippen LogP contribution in [0, 0.1) is 12.3 Å². The summed E-state index contributed by atoms with van der Waals surface area (Å²) in [5, 5.41) is 7.55. The zero-order chi connectivity index (χ0) is 14.6. The van der Waals surface area contributed by atoms with Crippen LogP contribution in [-0.4, -0.2) is 24.0 Å². The predicted octanol–water partition coefficient (Wildman–Crippen LogP) is 2.80. The molecule has 2 heterocycles. The monoisotopic (exact) mass is 295 g/mol. The van der Waals surface area contributed by atoms with Crippen LogP contribution in [0.3, 0.4) is 0 Å². The van der Waals surface area contributed by atoms with Gasteiger partial charge in [-0.1, -0.05) is 13.3 Å². The van der Waals surface area contributed by atoms with Crippen LogP contribution >= 0.6 is 11.3 Å². The van der Waals surface area contributed by atoms with Gasteiger partial charge in [0.25, 0.3) is 0 Å². The van der Waals surface area contributed by atoms with Crippen LogP contribution in [0.5, 0.6) is 0 Å². The summed E-state index contributed by atoms with van der Waals surface area (Å²) >= 11 is 1.66. The maximum Gasteiger partial charge on any atom is 0.228 e. The molecule has 2 rings (SSSR count). The molecule has 0 radical (unpaired) electrons. The molecular formula is C15H25N3OS. The molecule has 112 valence electrons. The fraction of sp³-hybridized carbons (Fsp3) is 0.733. The Bertz CT molecular complexity index is 446. The molecule has 1 aliphatic heterocycles. The van der Waals surface area contributed by atoms with Gasteiger partial charge < -0.3 is 10.6 Å². The fourth-order valence-electron chi connectivity index (χ4n) is 2.95.